The summed E-state index contributed by atoms with van der Waals surface area (Å²) < 4.78 is 11.2. The summed E-state index contributed by atoms with van der Waals surface area (Å²) in [4.78, 5) is 15.0. The summed E-state index contributed by atoms with van der Waals surface area (Å²) in [5.41, 5.74) is 2.03. The molecule has 5 heteroatoms. The molecule has 1 N–H and O–H groups in total. The highest BCUT2D eigenvalue weighted by Crippen LogP contribution is 2.31. The molecule has 1 aliphatic rings. The monoisotopic (exact) mass is 368 g/mol. The van der Waals surface area contributed by atoms with E-state index in [9.17, 15) is 4.79 Å². The highest BCUT2D eigenvalue weighted by molar-refractivity contribution is 5.93. The second kappa shape index (κ2) is 9.42. The fraction of sp³-hybridized carbons (Fsp3) is 0.409. The second-order valence-electron chi connectivity index (χ2n) is 6.72. The smallest absolute Gasteiger partial charge is 0.228 e. The van der Waals surface area contributed by atoms with Crippen molar-refractivity contribution in [2.45, 2.75) is 26.8 Å². The van der Waals surface area contributed by atoms with Gasteiger partial charge in [-0.05, 0) is 44.5 Å². The van der Waals surface area contributed by atoms with Gasteiger partial charge in [-0.2, -0.15) is 0 Å². The molecule has 0 spiro atoms. The first-order chi connectivity index (χ1) is 13.2. The summed E-state index contributed by atoms with van der Waals surface area (Å²) in [6.07, 6.45) is 0.883. The molecular weight excluding hydrogens is 340 g/mol. The van der Waals surface area contributed by atoms with E-state index < -0.39 is 0 Å². The van der Waals surface area contributed by atoms with Crippen LogP contribution >= 0.6 is 0 Å². The number of nitrogens with one attached hydrogen (secondary N) is 1. The average molecular weight is 368 g/mol. The Hall–Kier alpha value is -2.53. The van der Waals surface area contributed by atoms with Gasteiger partial charge in [-0.15, -0.1) is 0 Å². The molecule has 27 heavy (non-hydrogen) atoms. The van der Waals surface area contributed by atoms with Crippen LogP contribution < -0.4 is 14.8 Å². The molecule has 0 aliphatic carbocycles. The molecule has 3 rings (SSSR count). The van der Waals surface area contributed by atoms with Gasteiger partial charge in [0.25, 0.3) is 0 Å². The minimum atomic E-state index is 0.0100. The van der Waals surface area contributed by atoms with E-state index in [-0.39, 0.29) is 11.8 Å². The van der Waals surface area contributed by atoms with E-state index in [0.717, 1.165) is 31.7 Å². The van der Waals surface area contributed by atoms with Gasteiger partial charge in [-0.25, -0.2) is 0 Å². The molecule has 1 heterocycles. The first-order valence-corrected chi connectivity index (χ1v) is 9.66. The number of carbonyl (C=O) groups is 1. The molecule has 1 unspecified atom stereocenters. The number of hydrogen-bond acceptors (Lipinski definition) is 4. The van der Waals surface area contributed by atoms with E-state index in [4.69, 9.17) is 9.47 Å². The van der Waals surface area contributed by atoms with Crippen molar-refractivity contribution in [2.24, 2.45) is 5.92 Å². The van der Waals surface area contributed by atoms with Gasteiger partial charge < -0.3 is 14.8 Å². The lowest BCUT2D eigenvalue weighted by Crippen LogP contribution is -2.27. The highest BCUT2D eigenvalue weighted by atomic mass is 16.5. The Kier molecular flexibility index (Phi) is 6.71. The van der Waals surface area contributed by atoms with Gasteiger partial charge in [0.15, 0.2) is 11.5 Å². The molecule has 2 aromatic rings. The van der Waals surface area contributed by atoms with Crippen LogP contribution in [-0.2, 0) is 11.3 Å². The predicted molar refractivity (Wildman–Crippen MR) is 107 cm³/mol. The predicted octanol–water partition coefficient (Wildman–Crippen LogP) is 3.94. The number of carbonyl (C=O) groups excluding carboxylic acids is 1. The lowest BCUT2D eigenvalue weighted by molar-refractivity contribution is -0.119. The van der Waals surface area contributed by atoms with Crippen molar-refractivity contribution in [2.75, 3.05) is 31.6 Å². The fourth-order valence-corrected chi connectivity index (χ4v) is 3.41. The maximum Gasteiger partial charge on any atom is 0.228 e. The minimum absolute atomic E-state index is 0.0100. The number of ether oxygens (including phenoxy) is 2. The van der Waals surface area contributed by atoms with Gasteiger partial charge in [-0.1, -0.05) is 30.3 Å². The van der Waals surface area contributed by atoms with Crippen molar-refractivity contribution >= 4 is 11.6 Å². The fourth-order valence-electron chi connectivity index (χ4n) is 3.41. The Morgan fingerprint density at radius 3 is 2.56 bits per heavy atom. The van der Waals surface area contributed by atoms with Crippen LogP contribution in [0.3, 0.4) is 0 Å². The number of hydrogen-bond donors (Lipinski definition) is 1. The molecule has 1 atom stereocenters. The standard InChI is InChI=1S/C22H28N2O3/c1-3-26-20-11-10-19(14-21(20)27-4-2)23-22(25)18-12-13-24(16-18)15-17-8-6-5-7-9-17/h5-11,14,18H,3-4,12-13,15-16H2,1-2H3,(H,23,25). The molecular formula is C22H28N2O3. The highest BCUT2D eigenvalue weighted by Gasteiger charge is 2.28. The van der Waals surface area contributed by atoms with Crippen molar-refractivity contribution in [3.8, 4) is 11.5 Å². The molecule has 5 nitrogen and oxygen atoms in total. The third-order valence-corrected chi connectivity index (χ3v) is 4.70. The molecule has 1 aliphatic heterocycles. The third kappa shape index (κ3) is 5.23. The Morgan fingerprint density at radius 1 is 1.07 bits per heavy atom. The molecule has 0 saturated carbocycles. The zero-order valence-corrected chi connectivity index (χ0v) is 16.1. The SMILES string of the molecule is CCOc1ccc(NC(=O)C2CCN(Cc3ccccc3)C2)cc1OCC. The van der Waals surface area contributed by atoms with Crippen LogP contribution in [0.2, 0.25) is 0 Å². The molecule has 144 valence electrons. The lowest BCUT2D eigenvalue weighted by Gasteiger charge is -2.17. The van der Waals surface area contributed by atoms with Gasteiger partial charge in [0, 0.05) is 24.8 Å². The molecule has 2 aromatic carbocycles. The Balaban J connectivity index is 1.58. The van der Waals surface area contributed by atoms with Crippen molar-refractivity contribution < 1.29 is 14.3 Å². The molecule has 1 amide bonds. The number of benzene rings is 2. The van der Waals surface area contributed by atoms with Crippen LogP contribution in [0.5, 0.6) is 11.5 Å². The summed E-state index contributed by atoms with van der Waals surface area (Å²) in [7, 11) is 0. The number of nitrogens with zero attached hydrogens (tertiary/aromatic N) is 1. The van der Waals surface area contributed by atoms with E-state index in [2.05, 4.69) is 34.5 Å². The van der Waals surface area contributed by atoms with Crippen LogP contribution in [-0.4, -0.2) is 37.1 Å². The minimum Gasteiger partial charge on any atom is -0.490 e. The number of likely N-dealkylation sites (tertiary alicyclic amines) is 1. The largest absolute Gasteiger partial charge is 0.490 e. The van der Waals surface area contributed by atoms with Crippen molar-refractivity contribution in [3.05, 3.63) is 54.1 Å². The van der Waals surface area contributed by atoms with Crippen molar-refractivity contribution in [1.29, 1.82) is 0 Å². The van der Waals surface area contributed by atoms with E-state index in [1.54, 1.807) is 0 Å². The van der Waals surface area contributed by atoms with Gasteiger partial charge in [0.05, 0.1) is 19.1 Å². The van der Waals surface area contributed by atoms with Crippen LogP contribution in [0.1, 0.15) is 25.8 Å². The summed E-state index contributed by atoms with van der Waals surface area (Å²) in [6.45, 7) is 7.62. The van der Waals surface area contributed by atoms with E-state index in [1.807, 2.05) is 38.1 Å². The summed E-state index contributed by atoms with van der Waals surface area (Å²) in [6, 6.07) is 15.9. The first-order valence-electron chi connectivity index (χ1n) is 9.66. The van der Waals surface area contributed by atoms with E-state index in [1.165, 1.54) is 5.56 Å². The van der Waals surface area contributed by atoms with E-state index in [0.29, 0.717) is 24.7 Å². The lowest BCUT2D eigenvalue weighted by atomic mass is 10.1. The zero-order valence-electron chi connectivity index (χ0n) is 16.1. The number of amides is 1. The molecule has 0 aromatic heterocycles. The number of rotatable bonds is 8. The van der Waals surface area contributed by atoms with Crippen molar-refractivity contribution in [3.63, 3.8) is 0 Å². The molecule has 1 fully saturated rings. The molecule has 0 radical (unpaired) electrons. The summed E-state index contributed by atoms with van der Waals surface area (Å²) in [5.74, 6) is 1.44. The Labute approximate surface area is 161 Å². The van der Waals surface area contributed by atoms with Gasteiger partial charge in [0.1, 0.15) is 0 Å². The maximum absolute atomic E-state index is 12.7. The van der Waals surface area contributed by atoms with Crippen LogP contribution in [0.15, 0.2) is 48.5 Å². The normalized spacial score (nSPS) is 16.9. The van der Waals surface area contributed by atoms with Crippen LogP contribution in [0.4, 0.5) is 5.69 Å². The maximum atomic E-state index is 12.7. The summed E-state index contributed by atoms with van der Waals surface area (Å²) in [5, 5.41) is 3.04. The first kappa shape index (κ1) is 19.2. The molecule has 0 bridgehead atoms. The van der Waals surface area contributed by atoms with Crippen LogP contribution in [0.25, 0.3) is 0 Å². The second-order valence-corrected chi connectivity index (χ2v) is 6.72. The van der Waals surface area contributed by atoms with Gasteiger partial charge in [0.2, 0.25) is 5.91 Å². The quantitative estimate of drug-likeness (QED) is 0.767. The topological polar surface area (TPSA) is 50.8 Å². The molecule has 1 saturated heterocycles. The zero-order chi connectivity index (χ0) is 19.1. The van der Waals surface area contributed by atoms with Crippen molar-refractivity contribution in [1.82, 2.24) is 4.90 Å². The van der Waals surface area contributed by atoms with Gasteiger partial charge >= 0.3 is 0 Å². The number of anilines is 1. The van der Waals surface area contributed by atoms with Gasteiger partial charge in [-0.3, -0.25) is 9.69 Å². The third-order valence-electron chi connectivity index (χ3n) is 4.70. The Morgan fingerprint density at radius 2 is 1.81 bits per heavy atom. The average Bonchev–Trinajstić information content (AvgIpc) is 3.14. The van der Waals surface area contributed by atoms with Crippen LogP contribution in [0, 0.1) is 5.92 Å². The van der Waals surface area contributed by atoms with E-state index >= 15 is 0 Å². The Bertz CT molecular complexity index is 748. The summed E-state index contributed by atoms with van der Waals surface area (Å²) >= 11 is 0.